The molecule has 122 valence electrons. The Hall–Kier alpha value is -1.26. The van der Waals surface area contributed by atoms with Crippen molar-refractivity contribution in [2.75, 3.05) is 18.4 Å². The van der Waals surface area contributed by atoms with Crippen LogP contribution < -0.4 is 10.6 Å². The molecule has 0 atom stereocenters. The monoisotopic (exact) mass is 370 g/mol. The van der Waals surface area contributed by atoms with Gasteiger partial charge in [0.15, 0.2) is 0 Å². The first kappa shape index (κ1) is 18.1. The van der Waals surface area contributed by atoms with E-state index in [0.29, 0.717) is 28.7 Å². The zero-order valence-corrected chi connectivity index (χ0v) is 14.7. The topological polar surface area (TPSA) is 41.1 Å². The highest BCUT2D eigenvalue weighted by Gasteiger charge is 2.07. The highest BCUT2D eigenvalue weighted by atomic mass is 35.5. The number of halogens is 3. The summed E-state index contributed by atoms with van der Waals surface area (Å²) in [5.41, 5.74) is 1.70. The molecule has 0 saturated heterocycles. The molecule has 0 saturated carbocycles. The summed E-state index contributed by atoms with van der Waals surface area (Å²) in [7, 11) is 0. The Morgan fingerprint density at radius 3 is 2.57 bits per heavy atom. The maximum Gasteiger partial charge on any atom is 0.225 e. The first-order valence-corrected chi connectivity index (χ1v) is 8.38. The van der Waals surface area contributed by atoms with Crippen molar-refractivity contribution in [1.82, 2.24) is 5.32 Å². The van der Waals surface area contributed by atoms with Crippen LogP contribution in [0.1, 0.15) is 12.0 Å². The van der Waals surface area contributed by atoms with E-state index in [9.17, 15) is 4.79 Å². The van der Waals surface area contributed by atoms with Crippen molar-refractivity contribution in [2.24, 2.45) is 0 Å². The van der Waals surface area contributed by atoms with Crippen molar-refractivity contribution in [3.8, 4) is 0 Å². The number of hydrogen-bond donors (Lipinski definition) is 2. The summed E-state index contributed by atoms with van der Waals surface area (Å²) >= 11 is 17.9. The summed E-state index contributed by atoms with van der Waals surface area (Å²) in [6, 6.07) is 12.9. The van der Waals surface area contributed by atoms with E-state index >= 15 is 0 Å². The molecule has 0 spiro atoms. The molecule has 0 fully saturated rings. The van der Waals surface area contributed by atoms with E-state index < -0.39 is 0 Å². The molecule has 0 aliphatic heterocycles. The molecule has 0 bridgehead atoms. The Morgan fingerprint density at radius 1 is 1.00 bits per heavy atom. The summed E-state index contributed by atoms with van der Waals surface area (Å²) in [4.78, 5) is 11.9. The molecule has 0 radical (unpaired) electrons. The number of benzene rings is 2. The van der Waals surface area contributed by atoms with Crippen LogP contribution in [0.2, 0.25) is 15.1 Å². The number of carbonyl (C=O) groups is 1. The number of hydrogen-bond acceptors (Lipinski definition) is 2. The van der Waals surface area contributed by atoms with Crippen LogP contribution in [0.4, 0.5) is 5.69 Å². The maximum absolute atomic E-state index is 11.9. The maximum atomic E-state index is 11.9. The van der Waals surface area contributed by atoms with Gasteiger partial charge in [-0.1, -0.05) is 53.0 Å². The molecule has 0 aromatic heterocycles. The molecule has 0 aliphatic carbocycles. The van der Waals surface area contributed by atoms with E-state index in [2.05, 4.69) is 10.6 Å². The van der Waals surface area contributed by atoms with Crippen LogP contribution in [0.3, 0.4) is 0 Å². The fourth-order valence-corrected chi connectivity index (χ4v) is 2.63. The van der Waals surface area contributed by atoms with Crippen molar-refractivity contribution in [2.45, 2.75) is 12.8 Å². The summed E-state index contributed by atoms with van der Waals surface area (Å²) in [5.74, 6) is -0.107. The number of rotatable bonds is 7. The van der Waals surface area contributed by atoms with Gasteiger partial charge in [0.05, 0.1) is 15.7 Å². The molecule has 2 aromatic carbocycles. The van der Waals surface area contributed by atoms with Gasteiger partial charge in [-0.15, -0.1) is 0 Å². The van der Waals surface area contributed by atoms with Crippen LogP contribution >= 0.6 is 34.8 Å². The molecular weight excluding hydrogens is 355 g/mol. The fraction of sp³-hybridized carbons (Fsp3) is 0.235. The molecular formula is C17H17Cl3N2O. The van der Waals surface area contributed by atoms with E-state index in [1.54, 1.807) is 18.2 Å². The molecule has 1 amide bonds. The lowest BCUT2D eigenvalue weighted by atomic mass is 10.1. The minimum absolute atomic E-state index is 0.107. The van der Waals surface area contributed by atoms with Crippen LogP contribution in [0.25, 0.3) is 0 Å². The van der Waals surface area contributed by atoms with E-state index in [0.717, 1.165) is 18.0 Å². The molecule has 23 heavy (non-hydrogen) atoms. The third-order valence-electron chi connectivity index (χ3n) is 3.23. The first-order valence-electron chi connectivity index (χ1n) is 7.25. The molecule has 0 aliphatic rings. The molecule has 2 aromatic rings. The summed E-state index contributed by atoms with van der Waals surface area (Å²) in [6.07, 6.45) is 1.22. The van der Waals surface area contributed by atoms with Crippen molar-refractivity contribution < 1.29 is 4.79 Å². The summed E-state index contributed by atoms with van der Waals surface area (Å²) < 4.78 is 0. The first-order chi connectivity index (χ1) is 11.1. The Labute approximate surface area is 150 Å². The highest BCUT2D eigenvalue weighted by molar-refractivity contribution is 6.43. The lowest BCUT2D eigenvalue weighted by Crippen LogP contribution is -2.23. The number of nitrogens with one attached hydrogen (secondary N) is 2. The second kappa shape index (κ2) is 9.14. The van der Waals surface area contributed by atoms with Gasteiger partial charge < -0.3 is 10.6 Å². The lowest BCUT2D eigenvalue weighted by molar-refractivity contribution is -0.116. The van der Waals surface area contributed by atoms with Crippen molar-refractivity contribution in [1.29, 1.82) is 0 Å². The molecule has 2 N–H and O–H groups in total. The van der Waals surface area contributed by atoms with Crippen molar-refractivity contribution in [3.63, 3.8) is 0 Å². The van der Waals surface area contributed by atoms with E-state index in [4.69, 9.17) is 34.8 Å². The number of carbonyl (C=O) groups excluding carboxylic acids is 1. The predicted molar refractivity (Wildman–Crippen MR) is 97.7 cm³/mol. The second-order valence-corrected chi connectivity index (χ2v) is 6.25. The van der Waals surface area contributed by atoms with Gasteiger partial charge in [0.1, 0.15) is 0 Å². The molecule has 3 nitrogen and oxygen atoms in total. The highest BCUT2D eigenvalue weighted by Crippen LogP contribution is 2.29. The minimum atomic E-state index is -0.107. The van der Waals surface area contributed by atoms with Gasteiger partial charge in [-0.2, -0.15) is 0 Å². The zero-order chi connectivity index (χ0) is 16.7. The van der Waals surface area contributed by atoms with E-state index in [-0.39, 0.29) is 5.91 Å². The fourth-order valence-electron chi connectivity index (χ4n) is 2.07. The second-order valence-electron chi connectivity index (χ2n) is 5.03. The quantitative estimate of drug-likeness (QED) is 0.686. The molecule has 2 rings (SSSR count). The van der Waals surface area contributed by atoms with Crippen LogP contribution in [0, 0.1) is 0 Å². The Bertz CT molecular complexity index is 677. The largest absolute Gasteiger partial charge is 0.325 e. The molecule has 0 unspecified atom stereocenters. The number of amides is 1. The third kappa shape index (κ3) is 6.04. The average Bonchev–Trinajstić information content (AvgIpc) is 2.51. The van der Waals surface area contributed by atoms with Crippen LogP contribution in [0.15, 0.2) is 42.5 Å². The van der Waals surface area contributed by atoms with Gasteiger partial charge in [0.2, 0.25) is 5.91 Å². The predicted octanol–water partition coefficient (Wildman–Crippen LogP) is 4.81. The Morgan fingerprint density at radius 2 is 1.78 bits per heavy atom. The molecule has 0 heterocycles. The van der Waals surface area contributed by atoms with Gasteiger partial charge in [-0.25, -0.2) is 0 Å². The Kier molecular flexibility index (Phi) is 7.18. The van der Waals surface area contributed by atoms with Gasteiger partial charge in [-0.3, -0.25) is 4.79 Å². The van der Waals surface area contributed by atoms with Gasteiger partial charge in [0.25, 0.3) is 0 Å². The van der Waals surface area contributed by atoms with Crippen LogP contribution in [-0.2, 0) is 11.2 Å². The third-order valence-corrected chi connectivity index (χ3v) is 4.29. The smallest absolute Gasteiger partial charge is 0.225 e. The standard InChI is InChI=1S/C17H17Cl3N2O/c18-13-4-1-3-12(11-13)7-9-21-10-8-16(23)22-15-6-2-5-14(19)17(15)20/h1-6,11,21H,7-10H2,(H,22,23). The SMILES string of the molecule is O=C(CCNCCc1cccc(Cl)c1)Nc1cccc(Cl)c1Cl. The minimum Gasteiger partial charge on any atom is -0.325 e. The lowest BCUT2D eigenvalue weighted by Gasteiger charge is -2.09. The van der Waals surface area contributed by atoms with Crippen molar-refractivity contribution in [3.05, 3.63) is 63.1 Å². The molecule has 6 heteroatoms. The van der Waals surface area contributed by atoms with Gasteiger partial charge >= 0.3 is 0 Å². The Balaban J connectivity index is 1.68. The van der Waals surface area contributed by atoms with Crippen molar-refractivity contribution >= 4 is 46.4 Å². The zero-order valence-electron chi connectivity index (χ0n) is 12.4. The van der Waals surface area contributed by atoms with Crippen LogP contribution in [0.5, 0.6) is 0 Å². The van der Waals surface area contributed by atoms with E-state index in [1.165, 1.54) is 5.56 Å². The average molecular weight is 372 g/mol. The summed E-state index contributed by atoms with van der Waals surface area (Å²) in [5, 5.41) is 7.50. The van der Waals surface area contributed by atoms with Gasteiger partial charge in [0, 0.05) is 18.0 Å². The van der Waals surface area contributed by atoms with Gasteiger partial charge in [-0.05, 0) is 42.8 Å². The van der Waals surface area contributed by atoms with Crippen LogP contribution in [-0.4, -0.2) is 19.0 Å². The summed E-state index contributed by atoms with van der Waals surface area (Å²) in [6.45, 7) is 1.37. The normalized spacial score (nSPS) is 10.6. The van der Waals surface area contributed by atoms with E-state index in [1.807, 2.05) is 24.3 Å². The number of anilines is 1.